The summed E-state index contributed by atoms with van der Waals surface area (Å²) in [4.78, 5) is 21.6. The fourth-order valence-electron chi connectivity index (χ4n) is 3.62. The molecule has 0 fully saturated rings. The molecule has 0 aliphatic carbocycles. The Bertz CT molecular complexity index is 526. The van der Waals surface area contributed by atoms with Gasteiger partial charge in [0.25, 0.3) is 0 Å². The fraction of sp³-hybridized carbons (Fsp3) is 0.852. The molecule has 0 heterocycles. The highest BCUT2D eigenvalue weighted by Gasteiger charge is 2.15. The number of hydrogen-bond acceptors (Lipinski definition) is 4. The van der Waals surface area contributed by atoms with Crippen LogP contribution < -0.4 is 5.73 Å². The number of carboxylic acids is 1. The van der Waals surface area contributed by atoms with E-state index in [1.165, 1.54) is 57.8 Å². The summed E-state index contributed by atoms with van der Waals surface area (Å²) in [5, 5.41) is 8.81. The molecule has 0 aliphatic rings. The van der Waals surface area contributed by atoms with Gasteiger partial charge in [0.1, 0.15) is 0 Å². The number of hydrogen-bond donors (Lipinski definition) is 2. The molecule has 3 N–H and O–H groups in total. The number of nitrogens with two attached hydrogens (primary N) is 1. The zero-order valence-electron chi connectivity index (χ0n) is 21.4. The molecule has 33 heavy (non-hydrogen) atoms. The second-order valence-electron chi connectivity index (χ2n) is 9.12. The number of carboxylic acid groups (broad SMARTS) is 1. The maximum Gasteiger partial charge on any atom is 0.303 e. The van der Waals surface area contributed by atoms with Crippen LogP contribution in [0.3, 0.4) is 0 Å². The molecule has 6 heteroatoms. The van der Waals surface area contributed by atoms with Gasteiger partial charge in [0.15, 0.2) is 0 Å². The molecule has 3 unspecified atom stereocenters. The molecule has 0 aliphatic heterocycles. The van der Waals surface area contributed by atoms with Crippen molar-refractivity contribution in [3.8, 4) is 11.8 Å². The van der Waals surface area contributed by atoms with Crippen LogP contribution in [0.15, 0.2) is 0 Å². The number of unbranched alkanes of at least 4 members (excludes halogenated alkanes) is 10. The molecule has 0 aromatic heterocycles. The average molecular weight is 468 g/mol. The summed E-state index contributed by atoms with van der Waals surface area (Å²) in [7, 11) is 0. The normalized spacial score (nSPS) is 13.7. The quantitative estimate of drug-likeness (QED) is 0.110. The number of amides is 1. The zero-order valence-corrected chi connectivity index (χ0v) is 21.4. The topological polar surface area (TPSA) is 98.9 Å². The van der Waals surface area contributed by atoms with Gasteiger partial charge < -0.3 is 20.3 Å². The van der Waals surface area contributed by atoms with Crippen LogP contribution in [0.25, 0.3) is 0 Å². The molecule has 0 radical (unpaired) electrons. The van der Waals surface area contributed by atoms with Crippen molar-refractivity contribution >= 4 is 11.9 Å². The van der Waals surface area contributed by atoms with E-state index in [9.17, 15) is 9.59 Å². The first-order valence-electron chi connectivity index (χ1n) is 13.1. The largest absolute Gasteiger partial charge is 0.481 e. The number of rotatable bonds is 22. The lowest BCUT2D eigenvalue weighted by Gasteiger charge is -2.22. The summed E-state index contributed by atoms with van der Waals surface area (Å²) in [6.45, 7) is 6.11. The van der Waals surface area contributed by atoms with Crippen molar-refractivity contribution in [2.75, 3.05) is 0 Å². The van der Waals surface area contributed by atoms with E-state index in [0.717, 1.165) is 12.8 Å². The van der Waals surface area contributed by atoms with Gasteiger partial charge in [-0.15, -0.1) is 0 Å². The van der Waals surface area contributed by atoms with Gasteiger partial charge >= 0.3 is 5.97 Å². The molecule has 0 saturated carbocycles. The number of carbonyl (C=O) groups excluding carboxylic acids is 1. The molecule has 1 amide bonds. The van der Waals surface area contributed by atoms with Gasteiger partial charge in [-0.1, -0.05) is 70.6 Å². The summed E-state index contributed by atoms with van der Waals surface area (Å²) in [5.41, 5.74) is 5.20. The highest BCUT2D eigenvalue weighted by molar-refractivity contribution is 5.73. The molecule has 0 rings (SSSR count). The maximum absolute atomic E-state index is 10.9. The average Bonchev–Trinajstić information content (AvgIpc) is 2.73. The van der Waals surface area contributed by atoms with Gasteiger partial charge in [0, 0.05) is 19.3 Å². The van der Waals surface area contributed by atoms with Gasteiger partial charge in [0.2, 0.25) is 12.2 Å². The lowest BCUT2D eigenvalue weighted by molar-refractivity contribution is -0.158. The van der Waals surface area contributed by atoms with Crippen LogP contribution in [-0.2, 0) is 19.1 Å². The third-order valence-electron chi connectivity index (χ3n) is 5.62. The minimum Gasteiger partial charge on any atom is -0.481 e. The van der Waals surface area contributed by atoms with E-state index in [0.29, 0.717) is 32.1 Å². The zero-order chi connectivity index (χ0) is 24.7. The Labute approximate surface area is 202 Å². The predicted molar refractivity (Wildman–Crippen MR) is 134 cm³/mol. The minimum atomic E-state index is -0.797. The molecule has 0 saturated heterocycles. The standard InChI is InChI=1S/C27H49NO5/c1-4-5-6-7-8-9-10-11-12-13-14-15-22-27(32-23(2)18-16-20-25(28)29)33-24(3)19-17-21-26(30)31/h23-24,27H,4-14,16-21H2,1-3H3,(H2,28,29)(H,30,31). The highest BCUT2D eigenvalue weighted by atomic mass is 16.7. The SMILES string of the molecule is CCCCCCCCCCCCC#CC(OC(C)CCCC(N)=O)OC(C)CCCC(=O)O. The van der Waals surface area contributed by atoms with Crippen molar-refractivity contribution in [2.24, 2.45) is 5.73 Å². The van der Waals surface area contributed by atoms with Crippen LogP contribution in [0.5, 0.6) is 0 Å². The molecular formula is C27H49NO5. The van der Waals surface area contributed by atoms with E-state index in [1.54, 1.807) is 0 Å². The molecule has 0 spiro atoms. The van der Waals surface area contributed by atoms with Crippen molar-refractivity contribution in [3.63, 3.8) is 0 Å². The molecule has 6 nitrogen and oxygen atoms in total. The van der Waals surface area contributed by atoms with Crippen LogP contribution in [0.4, 0.5) is 0 Å². The van der Waals surface area contributed by atoms with E-state index < -0.39 is 12.3 Å². The van der Waals surface area contributed by atoms with Crippen LogP contribution in [0.2, 0.25) is 0 Å². The molecule has 0 aromatic rings. The minimum absolute atomic E-state index is 0.104. The molecular weight excluding hydrogens is 418 g/mol. The van der Waals surface area contributed by atoms with Crippen LogP contribution >= 0.6 is 0 Å². The van der Waals surface area contributed by atoms with Crippen molar-refractivity contribution in [3.05, 3.63) is 0 Å². The molecule has 3 atom stereocenters. The summed E-state index contributed by atoms with van der Waals surface area (Å²) >= 11 is 0. The maximum atomic E-state index is 10.9. The number of carbonyl (C=O) groups is 2. The predicted octanol–water partition coefficient (Wildman–Crippen LogP) is 6.35. The van der Waals surface area contributed by atoms with E-state index >= 15 is 0 Å². The van der Waals surface area contributed by atoms with Crippen LogP contribution in [0, 0.1) is 11.8 Å². The smallest absolute Gasteiger partial charge is 0.303 e. The Morgan fingerprint density at radius 1 is 0.788 bits per heavy atom. The fourth-order valence-corrected chi connectivity index (χ4v) is 3.62. The van der Waals surface area contributed by atoms with Gasteiger partial charge in [0.05, 0.1) is 12.2 Å². The van der Waals surface area contributed by atoms with E-state index in [-0.39, 0.29) is 24.5 Å². The van der Waals surface area contributed by atoms with Crippen molar-refractivity contribution in [1.82, 2.24) is 0 Å². The van der Waals surface area contributed by atoms with Crippen LogP contribution in [0.1, 0.15) is 130 Å². The lowest BCUT2D eigenvalue weighted by atomic mass is 10.1. The van der Waals surface area contributed by atoms with E-state index in [4.69, 9.17) is 20.3 Å². The monoisotopic (exact) mass is 467 g/mol. The number of aliphatic carboxylic acids is 1. The second kappa shape index (κ2) is 22.2. The van der Waals surface area contributed by atoms with E-state index in [2.05, 4.69) is 18.8 Å². The lowest BCUT2D eigenvalue weighted by Crippen LogP contribution is -2.26. The highest BCUT2D eigenvalue weighted by Crippen LogP contribution is 2.14. The Morgan fingerprint density at radius 3 is 1.76 bits per heavy atom. The molecule has 0 aromatic carbocycles. The Hall–Kier alpha value is -1.58. The molecule has 192 valence electrons. The molecule has 0 bridgehead atoms. The van der Waals surface area contributed by atoms with Crippen molar-refractivity contribution in [1.29, 1.82) is 0 Å². The Kier molecular flexibility index (Phi) is 21.2. The first kappa shape index (κ1) is 31.4. The Balaban J connectivity index is 4.29. The van der Waals surface area contributed by atoms with Gasteiger partial charge in [-0.2, -0.15) is 0 Å². The summed E-state index contributed by atoms with van der Waals surface area (Å²) in [5.74, 6) is 5.21. The third-order valence-corrected chi connectivity index (χ3v) is 5.62. The van der Waals surface area contributed by atoms with Gasteiger partial charge in [-0.3, -0.25) is 9.59 Å². The number of ether oxygens (including phenoxy) is 2. The Morgan fingerprint density at radius 2 is 1.27 bits per heavy atom. The van der Waals surface area contributed by atoms with Crippen LogP contribution in [-0.4, -0.2) is 35.5 Å². The second-order valence-corrected chi connectivity index (χ2v) is 9.12. The van der Waals surface area contributed by atoms with Crippen molar-refractivity contribution in [2.45, 2.75) is 148 Å². The third kappa shape index (κ3) is 23.4. The summed E-state index contributed by atoms with van der Waals surface area (Å²) in [6, 6.07) is 0. The first-order chi connectivity index (χ1) is 15.8. The van der Waals surface area contributed by atoms with Gasteiger partial charge in [-0.25, -0.2) is 0 Å². The van der Waals surface area contributed by atoms with E-state index in [1.807, 2.05) is 13.8 Å². The van der Waals surface area contributed by atoms with Crippen molar-refractivity contribution < 1.29 is 24.2 Å². The summed E-state index contributed by atoms with van der Waals surface area (Å²) < 4.78 is 11.9. The number of primary amides is 1. The first-order valence-corrected chi connectivity index (χ1v) is 13.1. The summed E-state index contributed by atoms with van der Waals surface area (Å²) in [6.07, 6.45) is 16.0. The van der Waals surface area contributed by atoms with Gasteiger partial charge in [-0.05, 0) is 51.9 Å².